The molecule has 1 saturated carbocycles. The molecule has 1 aliphatic rings. The summed E-state index contributed by atoms with van der Waals surface area (Å²) in [5.74, 6) is 0.240. The van der Waals surface area contributed by atoms with Gasteiger partial charge in [-0.15, -0.1) is 11.8 Å². The zero-order chi connectivity index (χ0) is 19.4. The number of carboxylic acid groups (broad SMARTS) is 1. The van der Waals surface area contributed by atoms with E-state index in [1.807, 2.05) is 0 Å². The van der Waals surface area contributed by atoms with Crippen molar-refractivity contribution in [1.29, 1.82) is 0 Å². The normalized spacial score (nSPS) is 16.3. The Hall–Kier alpha value is -2.29. The Bertz CT molecular complexity index is 885. The van der Waals surface area contributed by atoms with Gasteiger partial charge in [-0.1, -0.05) is 39.0 Å². The van der Waals surface area contributed by atoms with Gasteiger partial charge in [0, 0.05) is 11.8 Å². The van der Waals surface area contributed by atoms with Gasteiger partial charge in [-0.25, -0.2) is 9.50 Å². The lowest BCUT2D eigenvalue weighted by atomic mass is 9.82. The van der Waals surface area contributed by atoms with Gasteiger partial charge >= 0.3 is 5.97 Å². The first-order chi connectivity index (χ1) is 13.0. The number of hydrogen-bond acceptors (Lipinski definition) is 5. The second kappa shape index (κ2) is 8.60. The SMILES string of the molecule is CC(CSc1cc(=O)c(C(=O)NCC(=O)O)c2nc[nH]n12)C1CCCCC1. The van der Waals surface area contributed by atoms with Gasteiger partial charge in [-0.05, 0) is 11.8 Å². The first-order valence-electron chi connectivity index (χ1n) is 9.19. The number of nitrogens with one attached hydrogen (secondary N) is 2. The number of nitrogens with zero attached hydrogens (tertiary/aromatic N) is 2. The molecule has 1 unspecified atom stereocenters. The zero-order valence-electron chi connectivity index (χ0n) is 15.2. The molecule has 0 bridgehead atoms. The van der Waals surface area contributed by atoms with Crippen molar-refractivity contribution in [3.8, 4) is 0 Å². The van der Waals surface area contributed by atoms with E-state index in [-0.39, 0.29) is 11.2 Å². The molecule has 2 heterocycles. The fourth-order valence-electron chi connectivity index (χ4n) is 3.59. The maximum Gasteiger partial charge on any atom is 0.322 e. The minimum absolute atomic E-state index is 0.151. The molecule has 2 aromatic heterocycles. The maximum atomic E-state index is 12.5. The average molecular weight is 392 g/mol. The number of rotatable bonds is 7. The van der Waals surface area contributed by atoms with E-state index >= 15 is 0 Å². The molecule has 9 heteroatoms. The van der Waals surface area contributed by atoms with E-state index in [0.29, 0.717) is 10.9 Å². The Balaban J connectivity index is 1.78. The van der Waals surface area contributed by atoms with Crippen LogP contribution in [0.1, 0.15) is 49.4 Å². The van der Waals surface area contributed by atoms with Crippen molar-refractivity contribution in [3.05, 3.63) is 28.2 Å². The highest BCUT2D eigenvalue weighted by Gasteiger charge is 2.22. The summed E-state index contributed by atoms with van der Waals surface area (Å²) in [6.07, 6.45) is 7.87. The molecule has 8 nitrogen and oxygen atoms in total. The largest absolute Gasteiger partial charge is 0.480 e. The fourth-order valence-corrected chi connectivity index (χ4v) is 4.75. The van der Waals surface area contributed by atoms with Crippen molar-refractivity contribution in [2.75, 3.05) is 12.3 Å². The Kier molecular flexibility index (Phi) is 6.20. The van der Waals surface area contributed by atoms with Crippen LogP contribution in [-0.4, -0.2) is 43.9 Å². The van der Waals surface area contributed by atoms with Gasteiger partial charge in [0.15, 0.2) is 11.1 Å². The van der Waals surface area contributed by atoms with Crippen molar-refractivity contribution in [1.82, 2.24) is 19.9 Å². The van der Waals surface area contributed by atoms with Gasteiger partial charge in [0.25, 0.3) is 5.91 Å². The monoisotopic (exact) mass is 392 g/mol. The topological polar surface area (TPSA) is 117 Å². The summed E-state index contributed by atoms with van der Waals surface area (Å²) in [5.41, 5.74) is -0.404. The number of pyridine rings is 1. The second-order valence-corrected chi connectivity index (χ2v) is 8.07. The number of carbonyl (C=O) groups is 2. The first kappa shape index (κ1) is 19.5. The van der Waals surface area contributed by atoms with E-state index in [0.717, 1.165) is 11.7 Å². The molecule has 27 heavy (non-hydrogen) atoms. The van der Waals surface area contributed by atoms with Crippen LogP contribution in [-0.2, 0) is 4.79 Å². The smallest absolute Gasteiger partial charge is 0.322 e. The van der Waals surface area contributed by atoms with E-state index < -0.39 is 23.9 Å². The number of thioether (sulfide) groups is 1. The third kappa shape index (κ3) is 4.52. The van der Waals surface area contributed by atoms with Crippen LogP contribution in [0.5, 0.6) is 0 Å². The molecule has 1 atom stereocenters. The number of amides is 1. The summed E-state index contributed by atoms with van der Waals surface area (Å²) in [4.78, 5) is 39.4. The predicted octanol–water partition coefficient (Wildman–Crippen LogP) is 2.15. The number of hydrogen-bond donors (Lipinski definition) is 3. The lowest BCUT2D eigenvalue weighted by molar-refractivity contribution is -0.135. The Labute approximate surface area is 160 Å². The van der Waals surface area contributed by atoms with Gasteiger partial charge in [0.05, 0.1) is 0 Å². The maximum absolute atomic E-state index is 12.5. The minimum atomic E-state index is -1.18. The zero-order valence-corrected chi connectivity index (χ0v) is 16.1. The summed E-state index contributed by atoms with van der Waals surface area (Å²) in [6, 6.07) is 1.42. The number of aliphatic carboxylic acids is 1. The summed E-state index contributed by atoms with van der Waals surface area (Å²) >= 11 is 1.58. The molecule has 0 saturated heterocycles. The van der Waals surface area contributed by atoms with Crippen LogP contribution in [0.4, 0.5) is 0 Å². The predicted molar refractivity (Wildman–Crippen MR) is 102 cm³/mol. The van der Waals surface area contributed by atoms with Gasteiger partial charge in [-0.3, -0.25) is 19.5 Å². The highest BCUT2D eigenvalue weighted by molar-refractivity contribution is 7.99. The molecule has 3 N–H and O–H groups in total. The van der Waals surface area contributed by atoms with Crippen LogP contribution in [0, 0.1) is 11.8 Å². The number of H-pyrrole nitrogens is 1. The quantitative estimate of drug-likeness (QED) is 0.622. The molecule has 0 aliphatic heterocycles. The summed E-state index contributed by atoms with van der Waals surface area (Å²) < 4.78 is 1.61. The van der Waals surface area contributed by atoms with Crippen molar-refractivity contribution in [2.24, 2.45) is 11.8 Å². The van der Waals surface area contributed by atoms with E-state index in [2.05, 4.69) is 22.3 Å². The number of aromatic nitrogens is 3. The fraction of sp³-hybridized carbons (Fsp3) is 0.556. The number of carboxylic acids is 1. The van der Waals surface area contributed by atoms with Crippen LogP contribution >= 0.6 is 11.8 Å². The van der Waals surface area contributed by atoms with Gasteiger partial charge < -0.3 is 10.4 Å². The molecule has 146 valence electrons. The van der Waals surface area contributed by atoms with Gasteiger partial charge in [-0.2, -0.15) is 0 Å². The van der Waals surface area contributed by atoms with Crippen molar-refractivity contribution < 1.29 is 14.7 Å². The van der Waals surface area contributed by atoms with Crippen molar-refractivity contribution in [2.45, 2.75) is 44.1 Å². The Morgan fingerprint density at radius 1 is 1.41 bits per heavy atom. The van der Waals surface area contributed by atoms with E-state index in [9.17, 15) is 14.4 Å². The average Bonchev–Trinajstić information content (AvgIpc) is 3.14. The highest BCUT2D eigenvalue weighted by Crippen LogP contribution is 2.33. The summed E-state index contributed by atoms with van der Waals surface area (Å²) in [6.45, 7) is 1.70. The minimum Gasteiger partial charge on any atom is -0.480 e. The molecule has 2 aromatic rings. The van der Waals surface area contributed by atoms with Gasteiger partial charge in [0.2, 0.25) is 0 Å². The summed E-state index contributed by atoms with van der Waals surface area (Å²) in [7, 11) is 0. The first-order valence-corrected chi connectivity index (χ1v) is 10.2. The standard InChI is InChI=1S/C18H24N4O4S/c1-11(12-5-3-2-4-6-12)9-27-14-7-13(23)16(17-20-10-21-22(14)17)18(26)19-8-15(24)25/h7,10-12H,2-6,8-9H2,1H3,(H,19,26)(H,20,21)(H,24,25). The van der Waals surface area contributed by atoms with Crippen LogP contribution in [0.3, 0.4) is 0 Å². The molecular formula is C18H24N4O4S. The van der Waals surface area contributed by atoms with Crippen LogP contribution in [0.2, 0.25) is 0 Å². The van der Waals surface area contributed by atoms with E-state index in [1.165, 1.54) is 44.5 Å². The molecule has 0 spiro atoms. The number of aromatic amines is 1. The molecule has 1 fully saturated rings. The third-order valence-corrected chi connectivity index (χ3v) is 6.39. The Morgan fingerprint density at radius 2 is 2.15 bits per heavy atom. The van der Waals surface area contributed by atoms with E-state index in [1.54, 1.807) is 16.3 Å². The number of fused-ring (bicyclic) bond motifs is 1. The van der Waals surface area contributed by atoms with Crippen molar-refractivity contribution >= 4 is 29.3 Å². The second-order valence-electron chi connectivity index (χ2n) is 7.03. The van der Waals surface area contributed by atoms with Crippen LogP contribution < -0.4 is 10.7 Å². The highest BCUT2D eigenvalue weighted by atomic mass is 32.2. The lowest BCUT2D eigenvalue weighted by Gasteiger charge is -2.27. The molecule has 1 aliphatic carbocycles. The molecule has 0 radical (unpaired) electrons. The number of carbonyl (C=O) groups excluding carboxylic acids is 1. The molecule has 3 rings (SSSR count). The van der Waals surface area contributed by atoms with Crippen LogP contribution in [0.25, 0.3) is 5.65 Å². The molecule has 1 amide bonds. The van der Waals surface area contributed by atoms with Crippen LogP contribution in [0.15, 0.2) is 22.2 Å². The molecule has 0 aromatic carbocycles. The van der Waals surface area contributed by atoms with E-state index in [4.69, 9.17) is 5.11 Å². The van der Waals surface area contributed by atoms with Crippen molar-refractivity contribution in [3.63, 3.8) is 0 Å². The Morgan fingerprint density at radius 3 is 2.85 bits per heavy atom. The van der Waals surface area contributed by atoms with Gasteiger partial charge in [0.1, 0.15) is 23.5 Å². The molecular weight excluding hydrogens is 368 g/mol. The third-order valence-electron chi connectivity index (χ3n) is 5.11. The summed E-state index contributed by atoms with van der Waals surface area (Å²) in [5, 5.41) is 14.6. The lowest BCUT2D eigenvalue weighted by Crippen LogP contribution is -2.33.